The van der Waals surface area contributed by atoms with Crippen molar-refractivity contribution < 1.29 is 10.0 Å². The number of hydrogen-bond donors (Lipinski definition) is 3. The lowest BCUT2D eigenvalue weighted by Crippen LogP contribution is -2.58. The summed E-state index contributed by atoms with van der Waals surface area (Å²) in [6.07, 6.45) is 5.93. The number of nitrogens with one attached hydrogen (secondary N) is 1. The maximum absolute atomic E-state index is 12.5. The Bertz CT molecular complexity index is 377. The minimum Gasteiger partial charge on any atom is -0.409 e. The molecule has 0 aromatic rings. The molecule has 2 aliphatic rings. The maximum Gasteiger partial charge on any atom is 0.224 e. The monoisotopic (exact) mass is 267 g/mol. The lowest BCUT2D eigenvalue weighted by Gasteiger charge is -2.34. The van der Waals surface area contributed by atoms with Crippen molar-refractivity contribution in [2.75, 3.05) is 0 Å². The van der Waals surface area contributed by atoms with Gasteiger partial charge in [0.05, 0.1) is 0 Å². The van der Waals surface area contributed by atoms with E-state index in [2.05, 4.69) is 10.5 Å². The highest BCUT2D eigenvalue weighted by Gasteiger charge is 2.45. The second-order valence-corrected chi connectivity index (χ2v) is 6.05. The Morgan fingerprint density at radius 2 is 2.05 bits per heavy atom. The molecule has 2 saturated carbocycles. The molecule has 2 rings (SSSR count). The first-order valence-electron chi connectivity index (χ1n) is 7.36. The van der Waals surface area contributed by atoms with Gasteiger partial charge in [0.25, 0.3) is 0 Å². The van der Waals surface area contributed by atoms with E-state index in [0.717, 1.165) is 12.3 Å². The summed E-state index contributed by atoms with van der Waals surface area (Å²) in [4.78, 5) is 12.5. The van der Waals surface area contributed by atoms with Crippen molar-refractivity contribution in [1.29, 1.82) is 0 Å². The molecule has 0 aromatic carbocycles. The van der Waals surface area contributed by atoms with Gasteiger partial charge in [0, 0.05) is 5.92 Å². The third-order valence-corrected chi connectivity index (χ3v) is 5.24. The molecule has 5 nitrogen and oxygen atoms in total. The van der Waals surface area contributed by atoms with Crippen LogP contribution < -0.4 is 11.1 Å². The van der Waals surface area contributed by atoms with Gasteiger partial charge in [0.2, 0.25) is 5.91 Å². The Balaban J connectivity index is 2.07. The summed E-state index contributed by atoms with van der Waals surface area (Å²) in [6.45, 7) is 3.89. The summed E-state index contributed by atoms with van der Waals surface area (Å²) >= 11 is 0. The van der Waals surface area contributed by atoms with Crippen LogP contribution >= 0.6 is 0 Å². The lowest BCUT2D eigenvalue weighted by atomic mass is 9.85. The fraction of sp³-hybridized carbons (Fsp3) is 0.857. The van der Waals surface area contributed by atoms with Crippen LogP contribution in [0, 0.1) is 17.8 Å². The van der Waals surface area contributed by atoms with E-state index >= 15 is 0 Å². The second kappa shape index (κ2) is 5.39. The summed E-state index contributed by atoms with van der Waals surface area (Å²) in [5, 5.41) is 15.1. The number of amides is 1. The minimum atomic E-state index is -0.701. The number of amidine groups is 1. The molecule has 108 valence electrons. The summed E-state index contributed by atoms with van der Waals surface area (Å²) in [5.74, 6) is 1.60. The van der Waals surface area contributed by atoms with Crippen LogP contribution in [-0.2, 0) is 4.79 Å². The zero-order valence-corrected chi connectivity index (χ0v) is 11.9. The highest BCUT2D eigenvalue weighted by atomic mass is 16.4. The van der Waals surface area contributed by atoms with Gasteiger partial charge in [-0.3, -0.25) is 4.79 Å². The highest BCUT2D eigenvalue weighted by molar-refractivity contribution is 5.94. The molecule has 2 aliphatic carbocycles. The molecule has 1 amide bonds. The number of nitrogens with two attached hydrogens (primary N) is 1. The molecule has 0 radical (unpaired) electrons. The Morgan fingerprint density at radius 3 is 2.47 bits per heavy atom. The van der Waals surface area contributed by atoms with Gasteiger partial charge in [-0.25, -0.2) is 0 Å². The lowest BCUT2D eigenvalue weighted by molar-refractivity contribution is -0.127. The average Bonchev–Trinajstić information content (AvgIpc) is 3.06. The van der Waals surface area contributed by atoms with E-state index in [-0.39, 0.29) is 17.7 Å². The zero-order valence-electron chi connectivity index (χ0n) is 11.9. The van der Waals surface area contributed by atoms with Crippen molar-refractivity contribution in [2.45, 2.75) is 57.9 Å². The van der Waals surface area contributed by atoms with E-state index in [9.17, 15) is 4.79 Å². The molecule has 0 saturated heterocycles. The van der Waals surface area contributed by atoms with Gasteiger partial charge in [-0.1, -0.05) is 25.4 Å². The van der Waals surface area contributed by atoms with E-state index < -0.39 is 5.54 Å². The number of hydrogen-bond acceptors (Lipinski definition) is 3. The number of oxime groups is 1. The first-order chi connectivity index (χ1) is 9.06. The molecule has 3 atom stereocenters. The van der Waals surface area contributed by atoms with Crippen LogP contribution in [0.5, 0.6) is 0 Å². The Kier molecular flexibility index (Phi) is 4.02. The second-order valence-electron chi connectivity index (χ2n) is 6.05. The molecule has 0 aliphatic heterocycles. The number of nitrogens with zero attached hydrogens (tertiary/aromatic N) is 1. The average molecular weight is 267 g/mol. The van der Waals surface area contributed by atoms with Crippen molar-refractivity contribution in [2.24, 2.45) is 28.6 Å². The summed E-state index contributed by atoms with van der Waals surface area (Å²) in [6, 6.07) is 0. The van der Waals surface area contributed by atoms with Crippen LogP contribution in [0.4, 0.5) is 0 Å². The van der Waals surface area contributed by atoms with Crippen molar-refractivity contribution in [3.63, 3.8) is 0 Å². The van der Waals surface area contributed by atoms with Gasteiger partial charge >= 0.3 is 0 Å². The Hall–Kier alpha value is -1.26. The van der Waals surface area contributed by atoms with E-state index in [1.54, 1.807) is 0 Å². The van der Waals surface area contributed by atoms with Crippen LogP contribution in [-0.4, -0.2) is 22.5 Å². The molecule has 19 heavy (non-hydrogen) atoms. The molecule has 2 fully saturated rings. The predicted octanol–water partition coefficient (Wildman–Crippen LogP) is 1.84. The van der Waals surface area contributed by atoms with Crippen molar-refractivity contribution in [3.05, 3.63) is 0 Å². The van der Waals surface area contributed by atoms with E-state index in [1.807, 2.05) is 13.8 Å². The number of rotatable bonds is 5. The van der Waals surface area contributed by atoms with Gasteiger partial charge in [-0.2, -0.15) is 0 Å². The third-order valence-electron chi connectivity index (χ3n) is 5.24. The summed E-state index contributed by atoms with van der Waals surface area (Å²) in [7, 11) is 0. The Labute approximate surface area is 114 Å². The minimum absolute atomic E-state index is 0.0856. The van der Waals surface area contributed by atoms with E-state index in [0.29, 0.717) is 18.8 Å². The molecular formula is C14H25N3O2. The molecule has 4 N–H and O–H groups in total. The van der Waals surface area contributed by atoms with Gasteiger partial charge in [0.15, 0.2) is 5.84 Å². The fourth-order valence-corrected chi connectivity index (χ4v) is 3.84. The smallest absolute Gasteiger partial charge is 0.224 e. The topological polar surface area (TPSA) is 87.7 Å². The molecule has 3 unspecified atom stereocenters. The molecule has 2 bridgehead atoms. The highest BCUT2D eigenvalue weighted by Crippen LogP contribution is 2.48. The standard InChI is InChI=1S/C14H25N3O2/c1-3-14(4-2,13(15)17-19)16-12(18)11-8-9-5-6-10(11)7-9/h9-11,19H,3-8H2,1-2H3,(H2,15,17)(H,16,18). The van der Waals surface area contributed by atoms with Gasteiger partial charge < -0.3 is 16.3 Å². The van der Waals surface area contributed by atoms with Crippen molar-refractivity contribution in [3.8, 4) is 0 Å². The van der Waals surface area contributed by atoms with Crippen LogP contribution in [0.2, 0.25) is 0 Å². The Morgan fingerprint density at radius 1 is 1.37 bits per heavy atom. The predicted molar refractivity (Wildman–Crippen MR) is 73.8 cm³/mol. The number of fused-ring (bicyclic) bond motifs is 2. The van der Waals surface area contributed by atoms with Crippen LogP contribution in [0.25, 0.3) is 0 Å². The molecule has 0 aromatic heterocycles. The van der Waals surface area contributed by atoms with Crippen LogP contribution in [0.1, 0.15) is 52.4 Å². The first kappa shape index (κ1) is 14.2. The number of carbonyl (C=O) groups excluding carboxylic acids is 1. The van der Waals surface area contributed by atoms with E-state index in [4.69, 9.17) is 10.9 Å². The largest absolute Gasteiger partial charge is 0.409 e. The van der Waals surface area contributed by atoms with Gasteiger partial charge in [0.1, 0.15) is 5.54 Å². The summed E-state index contributed by atoms with van der Waals surface area (Å²) < 4.78 is 0. The van der Waals surface area contributed by atoms with Gasteiger partial charge in [-0.15, -0.1) is 0 Å². The fourth-order valence-electron chi connectivity index (χ4n) is 3.84. The quantitative estimate of drug-likeness (QED) is 0.307. The molecular weight excluding hydrogens is 242 g/mol. The first-order valence-corrected chi connectivity index (χ1v) is 7.36. The van der Waals surface area contributed by atoms with Crippen molar-refractivity contribution in [1.82, 2.24) is 5.32 Å². The molecule has 0 heterocycles. The maximum atomic E-state index is 12.5. The van der Waals surface area contributed by atoms with Gasteiger partial charge in [-0.05, 0) is 43.9 Å². The zero-order chi connectivity index (χ0) is 14.0. The van der Waals surface area contributed by atoms with Crippen LogP contribution in [0.3, 0.4) is 0 Å². The van der Waals surface area contributed by atoms with E-state index in [1.165, 1.54) is 19.3 Å². The van der Waals surface area contributed by atoms with Crippen molar-refractivity contribution >= 4 is 11.7 Å². The number of carbonyl (C=O) groups is 1. The SMILES string of the molecule is CCC(CC)(NC(=O)C1CC2CCC1C2)/C(N)=N/O. The third kappa shape index (κ3) is 2.42. The summed E-state index contributed by atoms with van der Waals surface area (Å²) in [5.41, 5.74) is 5.08. The molecule has 5 heteroatoms. The molecule has 0 spiro atoms. The van der Waals surface area contributed by atoms with Crippen LogP contribution in [0.15, 0.2) is 5.16 Å². The normalized spacial score (nSPS) is 30.6.